The summed E-state index contributed by atoms with van der Waals surface area (Å²) in [5.74, 6) is 0.00764. The third-order valence-corrected chi connectivity index (χ3v) is 6.69. The van der Waals surface area contributed by atoms with Gasteiger partial charge in [0.05, 0.1) is 23.1 Å². The minimum atomic E-state index is 0.00764. The van der Waals surface area contributed by atoms with Crippen LogP contribution < -0.4 is 10.2 Å². The monoisotopic (exact) mass is 398 g/mol. The first-order chi connectivity index (χ1) is 13.3. The highest BCUT2D eigenvalue weighted by molar-refractivity contribution is 7.18. The number of benzene rings is 1. The second-order valence-electron chi connectivity index (χ2n) is 6.38. The van der Waals surface area contributed by atoms with Crippen LogP contribution in [-0.2, 0) is 11.2 Å². The van der Waals surface area contributed by atoms with E-state index in [0.29, 0.717) is 6.54 Å². The minimum absolute atomic E-state index is 0.00764. The summed E-state index contributed by atoms with van der Waals surface area (Å²) in [6, 6.07) is 16.5. The van der Waals surface area contributed by atoms with Crippen molar-refractivity contribution in [3.8, 4) is 11.1 Å². The first kappa shape index (κ1) is 18.2. The van der Waals surface area contributed by atoms with Crippen LogP contribution in [-0.4, -0.2) is 38.8 Å². The number of nitrogens with zero attached hydrogens (tertiary/aromatic N) is 1. The number of carbonyl (C=O) groups is 1. The van der Waals surface area contributed by atoms with Crippen molar-refractivity contribution in [3.63, 3.8) is 0 Å². The average molecular weight is 399 g/mol. The van der Waals surface area contributed by atoms with E-state index in [0.717, 1.165) is 53.7 Å². The maximum absolute atomic E-state index is 12.7. The topological polar surface area (TPSA) is 41.6 Å². The standard InChI is InChI=1S/C21H22N2O2S2/c24-20(22-9-8-17-7-4-14-26-17)19-15-18(16-5-2-1-3-6-16)21(27-19)23-10-12-25-13-11-23/h1-7,14-15H,8-13H2,(H,22,24). The quantitative estimate of drug-likeness (QED) is 0.674. The molecule has 1 amide bonds. The van der Waals surface area contributed by atoms with Crippen LogP contribution in [0.4, 0.5) is 5.00 Å². The van der Waals surface area contributed by atoms with Crippen molar-refractivity contribution in [1.82, 2.24) is 5.32 Å². The predicted octanol–water partition coefficient (Wildman–Crippen LogP) is 4.29. The molecule has 2 aromatic heterocycles. The Morgan fingerprint density at radius 2 is 1.93 bits per heavy atom. The molecule has 27 heavy (non-hydrogen) atoms. The van der Waals surface area contributed by atoms with Crippen LogP contribution in [0.1, 0.15) is 14.5 Å². The van der Waals surface area contributed by atoms with E-state index >= 15 is 0 Å². The van der Waals surface area contributed by atoms with Crippen molar-refractivity contribution in [2.75, 3.05) is 37.7 Å². The van der Waals surface area contributed by atoms with Crippen LogP contribution in [0, 0.1) is 0 Å². The largest absolute Gasteiger partial charge is 0.378 e. The van der Waals surface area contributed by atoms with Crippen LogP contribution in [0.3, 0.4) is 0 Å². The van der Waals surface area contributed by atoms with Gasteiger partial charge in [0, 0.05) is 30.1 Å². The number of rotatable bonds is 6. The Balaban J connectivity index is 1.53. The van der Waals surface area contributed by atoms with Gasteiger partial charge >= 0.3 is 0 Å². The highest BCUT2D eigenvalue weighted by Gasteiger charge is 2.21. The van der Waals surface area contributed by atoms with Gasteiger partial charge in [-0.25, -0.2) is 0 Å². The molecular weight excluding hydrogens is 376 g/mol. The maximum Gasteiger partial charge on any atom is 0.261 e. The molecule has 1 fully saturated rings. The zero-order valence-corrected chi connectivity index (χ0v) is 16.7. The van der Waals surface area contributed by atoms with Crippen LogP contribution in [0.5, 0.6) is 0 Å². The van der Waals surface area contributed by atoms with Crippen molar-refractivity contribution in [3.05, 3.63) is 63.7 Å². The lowest BCUT2D eigenvalue weighted by Gasteiger charge is -2.28. The molecule has 1 aliphatic heterocycles. The Hall–Kier alpha value is -2.15. The first-order valence-corrected chi connectivity index (χ1v) is 10.8. The van der Waals surface area contributed by atoms with Crippen LogP contribution in [0.25, 0.3) is 11.1 Å². The van der Waals surface area contributed by atoms with Gasteiger partial charge < -0.3 is 15.0 Å². The molecule has 1 N–H and O–H groups in total. The van der Waals surface area contributed by atoms with Gasteiger partial charge in [0.1, 0.15) is 0 Å². The minimum Gasteiger partial charge on any atom is -0.378 e. The fourth-order valence-corrected chi connectivity index (χ4v) is 5.02. The van der Waals surface area contributed by atoms with Crippen molar-refractivity contribution >= 4 is 33.6 Å². The van der Waals surface area contributed by atoms with E-state index in [1.807, 2.05) is 30.3 Å². The Morgan fingerprint density at radius 1 is 1.11 bits per heavy atom. The highest BCUT2D eigenvalue weighted by atomic mass is 32.1. The van der Waals surface area contributed by atoms with Gasteiger partial charge in [-0.15, -0.1) is 22.7 Å². The third-order valence-electron chi connectivity index (χ3n) is 4.56. The van der Waals surface area contributed by atoms with Gasteiger partial charge in [-0.05, 0) is 29.5 Å². The summed E-state index contributed by atoms with van der Waals surface area (Å²) in [6.45, 7) is 3.84. The molecule has 1 aromatic carbocycles. The molecule has 0 atom stereocenters. The van der Waals surface area contributed by atoms with Gasteiger partial charge in [0.25, 0.3) is 5.91 Å². The highest BCUT2D eigenvalue weighted by Crippen LogP contribution is 2.39. The molecule has 4 rings (SSSR count). The van der Waals surface area contributed by atoms with E-state index in [2.05, 4.69) is 33.8 Å². The molecule has 6 heteroatoms. The van der Waals surface area contributed by atoms with E-state index in [9.17, 15) is 4.79 Å². The van der Waals surface area contributed by atoms with E-state index in [1.54, 1.807) is 22.7 Å². The summed E-state index contributed by atoms with van der Waals surface area (Å²) in [4.78, 5) is 17.1. The Morgan fingerprint density at radius 3 is 2.67 bits per heavy atom. The number of nitrogens with one attached hydrogen (secondary N) is 1. The lowest BCUT2D eigenvalue weighted by atomic mass is 10.1. The summed E-state index contributed by atoms with van der Waals surface area (Å²) in [7, 11) is 0. The summed E-state index contributed by atoms with van der Waals surface area (Å²) in [6.07, 6.45) is 0.872. The summed E-state index contributed by atoms with van der Waals surface area (Å²) in [5, 5.41) is 6.29. The third kappa shape index (κ3) is 4.40. The smallest absolute Gasteiger partial charge is 0.261 e. The first-order valence-electron chi connectivity index (χ1n) is 9.14. The number of amides is 1. The van der Waals surface area contributed by atoms with E-state index in [-0.39, 0.29) is 5.91 Å². The SMILES string of the molecule is O=C(NCCc1cccs1)c1cc(-c2ccccc2)c(N2CCOCC2)s1. The molecule has 3 aromatic rings. The Labute approximate surface area is 167 Å². The molecule has 0 bridgehead atoms. The van der Waals surface area contributed by atoms with Crippen molar-refractivity contribution < 1.29 is 9.53 Å². The average Bonchev–Trinajstić information content (AvgIpc) is 3.39. The molecule has 1 aliphatic rings. The van der Waals surface area contributed by atoms with Crippen LogP contribution in [0.2, 0.25) is 0 Å². The normalized spacial score (nSPS) is 14.3. The van der Waals surface area contributed by atoms with Gasteiger partial charge in [-0.2, -0.15) is 0 Å². The van der Waals surface area contributed by atoms with E-state index < -0.39 is 0 Å². The lowest BCUT2D eigenvalue weighted by Crippen LogP contribution is -2.35. The van der Waals surface area contributed by atoms with Gasteiger partial charge in [0.15, 0.2) is 0 Å². The lowest BCUT2D eigenvalue weighted by molar-refractivity contribution is 0.0958. The molecule has 0 spiro atoms. The summed E-state index contributed by atoms with van der Waals surface area (Å²) >= 11 is 3.30. The Kier molecular flexibility index (Phi) is 5.87. The maximum atomic E-state index is 12.7. The number of morpholine rings is 1. The number of ether oxygens (including phenoxy) is 1. The summed E-state index contributed by atoms with van der Waals surface area (Å²) < 4.78 is 5.49. The molecule has 140 valence electrons. The second-order valence-corrected chi connectivity index (χ2v) is 8.44. The number of thiophene rings is 2. The van der Waals surface area contributed by atoms with E-state index in [4.69, 9.17) is 4.74 Å². The van der Waals surface area contributed by atoms with E-state index in [1.165, 1.54) is 4.88 Å². The number of hydrogen-bond acceptors (Lipinski definition) is 5. The predicted molar refractivity (Wildman–Crippen MR) is 113 cm³/mol. The molecule has 3 heterocycles. The van der Waals surface area contributed by atoms with Gasteiger partial charge in [-0.1, -0.05) is 36.4 Å². The van der Waals surface area contributed by atoms with Crippen molar-refractivity contribution in [2.45, 2.75) is 6.42 Å². The Bertz CT molecular complexity index is 869. The second kappa shape index (κ2) is 8.69. The number of carbonyl (C=O) groups excluding carboxylic acids is 1. The fraction of sp³-hybridized carbons (Fsp3) is 0.286. The van der Waals surface area contributed by atoms with Gasteiger partial charge in [0.2, 0.25) is 0 Å². The van der Waals surface area contributed by atoms with Crippen molar-refractivity contribution in [1.29, 1.82) is 0 Å². The fourth-order valence-electron chi connectivity index (χ4n) is 3.16. The number of hydrogen-bond donors (Lipinski definition) is 1. The number of anilines is 1. The van der Waals surface area contributed by atoms with Gasteiger partial charge in [-0.3, -0.25) is 4.79 Å². The molecular formula is C21H22N2O2S2. The molecule has 0 unspecified atom stereocenters. The van der Waals surface area contributed by atoms with Crippen LogP contribution >= 0.6 is 22.7 Å². The zero-order chi connectivity index (χ0) is 18.5. The molecule has 4 nitrogen and oxygen atoms in total. The molecule has 0 radical (unpaired) electrons. The van der Waals surface area contributed by atoms with Crippen LogP contribution in [0.15, 0.2) is 53.9 Å². The van der Waals surface area contributed by atoms with Crippen molar-refractivity contribution in [2.24, 2.45) is 0 Å². The summed E-state index contributed by atoms with van der Waals surface area (Å²) in [5.41, 5.74) is 2.28. The zero-order valence-electron chi connectivity index (χ0n) is 15.0. The molecule has 1 saturated heterocycles. The molecule has 0 saturated carbocycles. The molecule has 0 aliphatic carbocycles.